The van der Waals surface area contributed by atoms with Gasteiger partial charge < -0.3 is 20.3 Å². The van der Waals surface area contributed by atoms with Gasteiger partial charge in [0.2, 0.25) is 0 Å². The molecule has 0 heterocycles. The van der Waals surface area contributed by atoms with E-state index < -0.39 is 0 Å². The van der Waals surface area contributed by atoms with Crippen molar-refractivity contribution in [1.29, 1.82) is 0 Å². The summed E-state index contributed by atoms with van der Waals surface area (Å²) in [7, 11) is 5.54. The van der Waals surface area contributed by atoms with E-state index in [-0.39, 0.29) is 35.4 Å². The molecule has 1 rings (SSSR count). The molecule has 0 aliphatic rings. The van der Waals surface area contributed by atoms with Crippen molar-refractivity contribution in [3.63, 3.8) is 0 Å². The maximum absolute atomic E-state index is 13.8. The summed E-state index contributed by atoms with van der Waals surface area (Å²) in [6.07, 6.45) is 0. The Morgan fingerprint density at radius 3 is 2.52 bits per heavy atom. The molecule has 0 saturated heterocycles. The number of ether oxygens (including phenoxy) is 1. The summed E-state index contributed by atoms with van der Waals surface area (Å²) in [5.41, 5.74) is 1.40. The monoisotopic (exact) mass is 466 g/mol. The van der Waals surface area contributed by atoms with Crippen LogP contribution in [-0.4, -0.2) is 50.8 Å². The number of nitrogens with zero attached hydrogens (tertiary/aromatic N) is 2. The number of benzene rings is 1. The van der Waals surface area contributed by atoms with E-state index in [2.05, 4.69) is 15.6 Å². The molecule has 144 valence electrons. The Morgan fingerprint density at radius 1 is 1.28 bits per heavy atom. The lowest BCUT2D eigenvalue weighted by atomic mass is 10.1. The second-order valence-electron chi connectivity index (χ2n) is 6.68. The molecule has 25 heavy (non-hydrogen) atoms. The van der Waals surface area contributed by atoms with Crippen LogP contribution in [0.2, 0.25) is 0 Å². The van der Waals surface area contributed by atoms with Gasteiger partial charge in [-0.1, -0.05) is 6.07 Å². The van der Waals surface area contributed by atoms with Crippen molar-refractivity contribution in [2.24, 2.45) is 4.99 Å². The number of aliphatic imine (C=N–C) groups is 1. The fourth-order valence-electron chi connectivity index (χ4n) is 2.07. The Kier molecular flexibility index (Phi) is 11.2. The maximum atomic E-state index is 13.8. The van der Waals surface area contributed by atoms with Gasteiger partial charge in [0.05, 0.1) is 12.1 Å². The Hall–Kier alpha value is -0.930. The molecular weight excluding hydrogens is 434 g/mol. The van der Waals surface area contributed by atoms with Gasteiger partial charge in [-0.25, -0.2) is 9.38 Å². The molecule has 7 heteroatoms. The van der Waals surface area contributed by atoms with Crippen LogP contribution >= 0.6 is 24.0 Å². The van der Waals surface area contributed by atoms with Crippen LogP contribution in [0.15, 0.2) is 23.2 Å². The van der Waals surface area contributed by atoms with Crippen LogP contribution in [0.3, 0.4) is 0 Å². The molecule has 1 aromatic carbocycles. The van der Waals surface area contributed by atoms with Crippen LogP contribution in [0, 0.1) is 5.82 Å². The van der Waals surface area contributed by atoms with Crippen molar-refractivity contribution in [2.75, 3.05) is 34.3 Å². The zero-order valence-electron chi connectivity index (χ0n) is 16.1. The quantitative estimate of drug-likeness (QED) is 0.352. The number of halogens is 2. The van der Waals surface area contributed by atoms with Gasteiger partial charge in [0.25, 0.3) is 0 Å². The van der Waals surface area contributed by atoms with Crippen molar-refractivity contribution in [1.82, 2.24) is 15.5 Å². The van der Waals surface area contributed by atoms with E-state index in [1.807, 2.05) is 45.8 Å². The Morgan fingerprint density at radius 2 is 1.96 bits per heavy atom. The van der Waals surface area contributed by atoms with E-state index in [0.29, 0.717) is 25.2 Å². The van der Waals surface area contributed by atoms with Crippen LogP contribution in [0.4, 0.5) is 4.39 Å². The van der Waals surface area contributed by atoms with E-state index in [1.54, 1.807) is 13.2 Å². The maximum Gasteiger partial charge on any atom is 0.191 e. The van der Waals surface area contributed by atoms with Crippen LogP contribution in [0.5, 0.6) is 0 Å². The third-order valence-electron chi connectivity index (χ3n) is 3.59. The predicted molar refractivity (Wildman–Crippen MR) is 113 cm³/mol. The minimum atomic E-state index is -0.273. The molecule has 0 radical (unpaired) electrons. The SMILES string of the molecule is CCNC(=NCc1ccc(F)c(CN(C)C)c1)NCC(C)(C)OC.I. The largest absolute Gasteiger partial charge is 0.377 e. The van der Waals surface area contributed by atoms with Gasteiger partial charge in [-0.05, 0) is 52.6 Å². The molecule has 0 unspecified atom stereocenters. The first-order chi connectivity index (χ1) is 11.3. The van der Waals surface area contributed by atoms with Gasteiger partial charge in [0, 0.05) is 32.3 Å². The standard InChI is InChI=1S/C18H31FN4O.HI/c1-7-20-17(22-13-18(2,3)24-6)21-11-14-8-9-16(19)15(10-14)12-23(4)5;/h8-10H,7,11-13H2,1-6H3,(H2,20,21,22);1H. The fraction of sp³-hybridized carbons (Fsp3) is 0.611. The van der Waals surface area contributed by atoms with E-state index in [0.717, 1.165) is 18.1 Å². The van der Waals surface area contributed by atoms with E-state index in [4.69, 9.17) is 4.74 Å². The van der Waals surface area contributed by atoms with Crippen LogP contribution in [0.1, 0.15) is 31.9 Å². The molecule has 0 amide bonds. The lowest BCUT2D eigenvalue weighted by molar-refractivity contribution is 0.0268. The van der Waals surface area contributed by atoms with Crippen molar-refractivity contribution in [3.8, 4) is 0 Å². The zero-order chi connectivity index (χ0) is 18.2. The van der Waals surface area contributed by atoms with Crippen molar-refractivity contribution in [2.45, 2.75) is 39.5 Å². The zero-order valence-corrected chi connectivity index (χ0v) is 18.5. The summed E-state index contributed by atoms with van der Waals surface area (Å²) in [5, 5.41) is 6.48. The molecule has 0 spiro atoms. The second kappa shape index (κ2) is 11.6. The van der Waals surface area contributed by atoms with E-state index in [1.165, 1.54) is 6.07 Å². The number of hydrogen-bond donors (Lipinski definition) is 2. The van der Waals surface area contributed by atoms with Crippen LogP contribution in [-0.2, 0) is 17.8 Å². The number of rotatable bonds is 8. The molecule has 5 nitrogen and oxygen atoms in total. The Labute approximate surface area is 168 Å². The molecule has 0 atom stereocenters. The lowest BCUT2D eigenvalue weighted by Gasteiger charge is -2.24. The van der Waals surface area contributed by atoms with Crippen molar-refractivity contribution < 1.29 is 9.13 Å². The van der Waals surface area contributed by atoms with Gasteiger partial charge in [0.15, 0.2) is 5.96 Å². The fourth-order valence-corrected chi connectivity index (χ4v) is 2.07. The smallest absolute Gasteiger partial charge is 0.191 e. The minimum Gasteiger partial charge on any atom is -0.377 e. The highest BCUT2D eigenvalue weighted by molar-refractivity contribution is 14.0. The molecule has 0 aliphatic heterocycles. The number of methoxy groups -OCH3 is 1. The number of guanidine groups is 1. The Balaban J connectivity index is 0.00000576. The lowest BCUT2D eigenvalue weighted by Crippen LogP contribution is -2.45. The molecule has 0 bridgehead atoms. The summed E-state index contributed by atoms with van der Waals surface area (Å²) >= 11 is 0. The highest BCUT2D eigenvalue weighted by atomic mass is 127. The number of nitrogens with one attached hydrogen (secondary N) is 2. The topological polar surface area (TPSA) is 48.9 Å². The summed E-state index contributed by atoms with van der Waals surface area (Å²) in [5.74, 6) is 0.546. The van der Waals surface area contributed by atoms with Gasteiger partial charge in [-0.2, -0.15) is 0 Å². The third kappa shape index (κ3) is 9.37. The second-order valence-corrected chi connectivity index (χ2v) is 6.68. The van der Waals surface area contributed by atoms with Crippen molar-refractivity contribution >= 4 is 29.9 Å². The molecule has 0 aromatic heterocycles. The first-order valence-corrected chi connectivity index (χ1v) is 8.26. The molecular formula is C18H32FIN4O. The number of hydrogen-bond acceptors (Lipinski definition) is 3. The van der Waals surface area contributed by atoms with Gasteiger partial charge in [-0.3, -0.25) is 0 Å². The molecule has 2 N–H and O–H groups in total. The average Bonchev–Trinajstić information content (AvgIpc) is 2.52. The Bertz CT molecular complexity index is 550. The first kappa shape index (κ1) is 24.1. The summed E-state index contributed by atoms with van der Waals surface area (Å²) in [6.45, 7) is 8.52. The van der Waals surface area contributed by atoms with Crippen LogP contribution in [0.25, 0.3) is 0 Å². The van der Waals surface area contributed by atoms with Gasteiger partial charge >= 0.3 is 0 Å². The summed E-state index contributed by atoms with van der Waals surface area (Å²) in [6, 6.07) is 5.17. The highest BCUT2D eigenvalue weighted by Gasteiger charge is 2.16. The third-order valence-corrected chi connectivity index (χ3v) is 3.59. The van der Waals surface area contributed by atoms with Gasteiger partial charge in [0.1, 0.15) is 5.82 Å². The first-order valence-electron chi connectivity index (χ1n) is 8.26. The van der Waals surface area contributed by atoms with Crippen molar-refractivity contribution in [3.05, 3.63) is 35.1 Å². The van der Waals surface area contributed by atoms with E-state index >= 15 is 0 Å². The highest BCUT2D eigenvalue weighted by Crippen LogP contribution is 2.13. The normalized spacial score (nSPS) is 12.1. The molecule has 0 saturated carbocycles. The molecule has 0 aliphatic carbocycles. The van der Waals surface area contributed by atoms with Gasteiger partial charge in [-0.15, -0.1) is 24.0 Å². The predicted octanol–water partition coefficient (Wildman–Crippen LogP) is 2.99. The average molecular weight is 466 g/mol. The minimum absolute atomic E-state index is 0. The van der Waals surface area contributed by atoms with Crippen LogP contribution < -0.4 is 10.6 Å². The molecule has 1 aromatic rings. The summed E-state index contributed by atoms with van der Waals surface area (Å²) in [4.78, 5) is 6.52. The van der Waals surface area contributed by atoms with E-state index in [9.17, 15) is 4.39 Å². The summed E-state index contributed by atoms with van der Waals surface area (Å²) < 4.78 is 19.2. The molecule has 0 fully saturated rings.